The van der Waals surface area contributed by atoms with Crippen molar-refractivity contribution in [2.75, 3.05) is 13.7 Å². The Morgan fingerprint density at radius 3 is 2.89 bits per heavy atom. The minimum Gasteiger partial charge on any atom is -0.493 e. The van der Waals surface area contributed by atoms with Gasteiger partial charge in [-0.05, 0) is 23.3 Å². The van der Waals surface area contributed by atoms with Crippen molar-refractivity contribution in [2.24, 2.45) is 7.05 Å². The highest BCUT2D eigenvalue weighted by atomic mass is 19.1. The van der Waals surface area contributed by atoms with Gasteiger partial charge in [-0.1, -0.05) is 6.07 Å². The number of halogens is 1. The van der Waals surface area contributed by atoms with Crippen LogP contribution in [0.1, 0.15) is 27.0 Å². The van der Waals surface area contributed by atoms with Crippen molar-refractivity contribution >= 4 is 5.97 Å². The molecule has 7 heteroatoms. The van der Waals surface area contributed by atoms with Gasteiger partial charge in [0.1, 0.15) is 11.6 Å². The first-order valence-corrected chi connectivity index (χ1v) is 8.56. The van der Waals surface area contributed by atoms with Gasteiger partial charge in [-0.3, -0.25) is 9.67 Å². The van der Waals surface area contributed by atoms with Gasteiger partial charge >= 0.3 is 5.97 Å². The molecule has 0 atom stereocenters. The molecule has 3 aromatic rings. The molecule has 6 nitrogen and oxygen atoms in total. The van der Waals surface area contributed by atoms with Crippen LogP contribution in [0, 0.1) is 5.82 Å². The summed E-state index contributed by atoms with van der Waals surface area (Å²) in [4.78, 5) is 16.4. The van der Waals surface area contributed by atoms with Crippen LogP contribution in [-0.2, 0) is 24.6 Å². The SMILES string of the molecule is COC(=O)c1cc(Cc2ccc(-c3cnn(C)c3)nc2)c2c(c1F)CCO2. The molecule has 0 fully saturated rings. The Morgan fingerprint density at radius 2 is 2.22 bits per heavy atom. The highest BCUT2D eigenvalue weighted by molar-refractivity contribution is 5.90. The lowest BCUT2D eigenvalue weighted by Gasteiger charge is -2.12. The molecule has 0 N–H and O–H groups in total. The van der Waals surface area contributed by atoms with E-state index < -0.39 is 11.8 Å². The zero-order valence-corrected chi connectivity index (χ0v) is 15.0. The molecule has 4 rings (SSSR count). The van der Waals surface area contributed by atoms with Gasteiger partial charge in [-0.2, -0.15) is 5.10 Å². The van der Waals surface area contributed by atoms with Crippen LogP contribution in [0.25, 0.3) is 11.3 Å². The summed E-state index contributed by atoms with van der Waals surface area (Å²) in [7, 11) is 3.10. The molecule has 1 aliphatic heterocycles. The molecule has 138 valence electrons. The largest absolute Gasteiger partial charge is 0.493 e. The van der Waals surface area contributed by atoms with Crippen molar-refractivity contribution in [1.29, 1.82) is 0 Å². The summed E-state index contributed by atoms with van der Waals surface area (Å²) in [5.41, 5.74) is 3.82. The average molecular weight is 367 g/mol. The summed E-state index contributed by atoms with van der Waals surface area (Å²) in [5, 5.41) is 4.15. The van der Waals surface area contributed by atoms with Gasteiger partial charge in [-0.25, -0.2) is 9.18 Å². The zero-order valence-electron chi connectivity index (χ0n) is 15.0. The fourth-order valence-corrected chi connectivity index (χ4v) is 3.28. The quantitative estimate of drug-likeness (QED) is 0.664. The summed E-state index contributed by atoms with van der Waals surface area (Å²) >= 11 is 0. The number of carbonyl (C=O) groups excluding carboxylic acids is 1. The maximum atomic E-state index is 14.6. The number of carbonyl (C=O) groups is 1. The molecule has 0 amide bonds. The number of hydrogen-bond donors (Lipinski definition) is 0. The fourth-order valence-electron chi connectivity index (χ4n) is 3.28. The van der Waals surface area contributed by atoms with Crippen LogP contribution in [-0.4, -0.2) is 34.5 Å². The Hall–Kier alpha value is -3.22. The van der Waals surface area contributed by atoms with Gasteiger partial charge in [0.15, 0.2) is 0 Å². The maximum Gasteiger partial charge on any atom is 0.340 e. The van der Waals surface area contributed by atoms with E-state index in [2.05, 4.69) is 10.1 Å². The highest BCUT2D eigenvalue weighted by Crippen LogP contribution is 2.35. The van der Waals surface area contributed by atoms with E-state index in [-0.39, 0.29) is 5.56 Å². The predicted octanol–water partition coefficient (Wildman–Crippen LogP) is 2.93. The van der Waals surface area contributed by atoms with E-state index in [1.165, 1.54) is 13.2 Å². The second-order valence-corrected chi connectivity index (χ2v) is 6.43. The fraction of sp³-hybridized carbons (Fsp3) is 0.250. The standard InChI is InChI=1S/C20H18FN3O3/c1-24-11-14(10-23-24)17-4-3-12(9-22-17)7-13-8-16(20(25)26-2)18(21)15-5-6-27-19(13)15/h3-4,8-11H,5-7H2,1-2H3. The topological polar surface area (TPSA) is 66.2 Å². The first-order valence-electron chi connectivity index (χ1n) is 8.56. The molecular formula is C20H18FN3O3. The molecule has 27 heavy (non-hydrogen) atoms. The average Bonchev–Trinajstić information content (AvgIpc) is 3.33. The summed E-state index contributed by atoms with van der Waals surface area (Å²) < 4.78 is 26.6. The number of fused-ring (bicyclic) bond motifs is 1. The number of esters is 1. The minimum absolute atomic E-state index is 0.0586. The molecular weight excluding hydrogens is 349 g/mol. The minimum atomic E-state index is -0.687. The number of ether oxygens (including phenoxy) is 2. The Balaban J connectivity index is 1.66. The van der Waals surface area contributed by atoms with Gasteiger partial charge in [0.25, 0.3) is 0 Å². The lowest BCUT2D eigenvalue weighted by atomic mass is 9.97. The molecule has 2 aromatic heterocycles. The van der Waals surface area contributed by atoms with Crippen LogP contribution >= 0.6 is 0 Å². The maximum absolute atomic E-state index is 14.6. The molecule has 0 unspecified atom stereocenters. The van der Waals surface area contributed by atoms with Gasteiger partial charge < -0.3 is 9.47 Å². The summed E-state index contributed by atoms with van der Waals surface area (Å²) in [6, 6.07) is 5.39. The van der Waals surface area contributed by atoms with E-state index in [0.29, 0.717) is 30.8 Å². The molecule has 0 spiro atoms. The van der Waals surface area contributed by atoms with Crippen molar-refractivity contribution in [3.8, 4) is 17.0 Å². The predicted molar refractivity (Wildman–Crippen MR) is 96.2 cm³/mol. The van der Waals surface area contributed by atoms with Crippen LogP contribution in [0.2, 0.25) is 0 Å². The molecule has 0 saturated heterocycles. The number of aromatic nitrogens is 3. The molecule has 1 aliphatic rings. The van der Waals surface area contributed by atoms with Crippen molar-refractivity contribution < 1.29 is 18.7 Å². The molecule has 0 aliphatic carbocycles. The third-order valence-corrected chi connectivity index (χ3v) is 4.61. The van der Waals surface area contributed by atoms with Crippen LogP contribution < -0.4 is 4.74 Å². The smallest absolute Gasteiger partial charge is 0.340 e. The Bertz CT molecular complexity index is 1010. The lowest BCUT2D eigenvalue weighted by molar-refractivity contribution is 0.0595. The number of aryl methyl sites for hydroxylation is 1. The van der Waals surface area contributed by atoms with E-state index in [9.17, 15) is 9.18 Å². The Kier molecular flexibility index (Phi) is 4.35. The summed E-state index contributed by atoms with van der Waals surface area (Å²) in [6.07, 6.45) is 6.34. The number of methoxy groups -OCH3 is 1. The van der Waals surface area contributed by atoms with Crippen LogP contribution in [0.3, 0.4) is 0 Å². The first-order chi connectivity index (χ1) is 13.1. The number of pyridine rings is 1. The van der Waals surface area contributed by atoms with Crippen LogP contribution in [0.4, 0.5) is 4.39 Å². The number of benzene rings is 1. The van der Waals surface area contributed by atoms with Crippen molar-refractivity contribution in [3.63, 3.8) is 0 Å². The van der Waals surface area contributed by atoms with Crippen LogP contribution in [0.5, 0.6) is 5.75 Å². The van der Waals surface area contributed by atoms with Gasteiger partial charge in [0, 0.05) is 43.4 Å². The van der Waals surface area contributed by atoms with E-state index in [0.717, 1.165) is 22.4 Å². The normalized spacial score (nSPS) is 12.6. The summed E-state index contributed by atoms with van der Waals surface area (Å²) in [6.45, 7) is 0.405. The second kappa shape index (κ2) is 6.83. The lowest BCUT2D eigenvalue weighted by Crippen LogP contribution is -2.08. The Labute approximate surface area is 155 Å². The van der Waals surface area contributed by atoms with E-state index in [1.807, 2.05) is 25.4 Å². The van der Waals surface area contributed by atoms with Gasteiger partial charge in [0.05, 0.1) is 31.2 Å². The number of nitrogens with zero attached hydrogens (tertiary/aromatic N) is 3. The molecule has 0 bridgehead atoms. The number of hydrogen-bond acceptors (Lipinski definition) is 5. The second-order valence-electron chi connectivity index (χ2n) is 6.43. The van der Waals surface area contributed by atoms with E-state index >= 15 is 0 Å². The molecule has 0 radical (unpaired) electrons. The first kappa shape index (κ1) is 17.2. The molecule has 1 aromatic carbocycles. The Morgan fingerprint density at radius 1 is 1.37 bits per heavy atom. The monoisotopic (exact) mass is 367 g/mol. The van der Waals surface area contributed by atoms with Crippen molar-refractivity contribution in [3.05, 3.63) is 64.9 Å². The highest BCUT2D eigenvalue weighted by Gasteiger charge is 2.27. The molecule has 3 heterocycles. The van der Waals surface area contributed by atoms with E-state index in [4.69, 9.17) is 9.47 Å². The number of rotatable bonds is 4. The van der Waals surface area contributed by atoms with Crippen molar-refractivity contribution in [2.45, 2.75) is 12.8 Å². The van der Waals surface area contributed by atoms with Crippen molar-refractivity contribution in [1.82, 2.24) is 14.8 Å². The van der Waals surface area contributed by atoms with Gasteiger partial charge in [-0.15, -0.1) is 0 Å². The molecule has 0 saturated carbocycles. The third kappa shape index (κ3) is 3.16. The zero-order chi connectivity index (χ0) is 19.0. The summed E-state index contributed by atoms with van der Waals surface area (Å²) in [5.74, 6) is -0.715. The van der Waals surface area contributed by atoms with E-state index in [1.54, 1.807) is 17.1 Å². The van der Waals surface area contributed by atoms with Crippen LogP contribution in [0.15, 0.2) is 36.8 Å². The van der Waals surface area contributed by atoms with Gasteiger partial charge in [0.2, 0.25) is 0 Å². The third-order valence-electron chi connectivity index (χ3n) is 4.61.